The van der Waals surface area contributed by atoms with Gasteiger partial charge in [-0.1, -0.05) is 18.2 Å². The molecule has 0 atom stereocenters. The smallest absolute Gasteiger partial charge is 0.265 e. The van der Waals surface area contributed by atoms with Crippen LogP contribution in [0.2, 0.25) is 0 Å². The standard InChI is InChI=1S/C15H17ClN2O2S/c16-10-13-9-14(11-17-13)21(19,20)18-8-4-3-6-12-5-1-2-7-15(12)18/h1-2,5,7,9,11,17H,3-4,6,8,10H2. The van der Waals surface area contributed by atoms with E-state index < -0.39 is 10.0 Å². The summed E-state index contributed by atoms with van der Waals surface area (Å²) in [4.78, 5) is 3.18. The van der Waals surface area contributed by atoms with Gasteiger partial charge in [0.25, 0.3) is 10.0 Å². The van der Waals surface area contributed by atoms with Crippen molar-refractivity contribution in [3.05, 3.63) is 47.8 Å². The van der Waals surface area contributed by atoms with Gasteiger partial charge in [-0.25, -0.2) is 8.42 Å². The number of anilines is 1. The van der Waals surface area contributed by atoms with Crippen molar-refractivity contribution in [1.82, 2.24) is 4.98 Å². The topological polar surface area (TPSA) is 53.2 Å². The van der Waals surface area contributed by atoms with E-state index in [1.54, 1.807) is 6.07 Å². The number of H-pyrrole nitrogens is 1. The van der Waals surface area contributed by atoms with Gasteiger partial charge in [0.05, 0.1) is 11.6 Å². The summed E-state index contributed by atoms with van der Waals surface area (Å²) in [5.74, 6) is 0.270. The Morgan fingerprint density at radius 3 is 2.81 bits per heavy atom. The molecule has 0 spiro atoms. The average molecular weight is 325 g/mol. The molecule has 0 saturated carbocycles. The second-order valence-corrected chi connectivity index (χ2v) is 7.29. The van der Waals surface area contributed by atoms with Crippen molar-refractivity contribution in [3.8, 4) is 0 Å². The van der Waals surface area contributed by atoms with Crippen molar-refractivity contribution in [2.75, 3.05) is 10.8 Å². The summed E-state index contributed by atoms with van der Waals surface area (Å²) in [5.41, 5.74) is 2.59. The van der Waals surface area contributed by atoms with Crippen LogP contribution in [-0.4, -0.2) is 19.9 Å². The first kappa shape index (κ1) is 14.5. The minimum Gasteiger partial charge on any atom is -0.363 e. The number of aromatic amines is 1. The molecule has 1 aromatic heterocycles. The van der Waals surface area contributed by atoms with Crippen LogP contribution in [0.4, 0.5) is 5.69 Å². The minimum absolute atomic E-state index is 0.270. The third-order valence-corrected chi connectivity index (χ3v) is 5.84. The number of alkyl halides is 1. The highest BCUT2D eigenvalue weighted by Gasteiger charge is 2.28. The molecule has 112 valence electrons. The van der Waals surface area contributed by atoms with Gasteiger partial charge in [-0.2, -0.15) is 0 Å². The zero-order chi connectivity index (χ0) is 14.9. The van der Waals surface area contributed by atoms with E-state index in [1.807, 2.05) is 24.3 Å². The number of rotatable bonds is 3. The summed E-state index contributed by atoms with van der Waals surface area (Å²) in [6.07, 6.45) is 4.30. The Hall–Kier alpha value is -1.46. The van der Waals surface area contributed by atoms with E-state index in [0.29, 0.717) is 12.2 Å². The lowest BCUT2D eigenvalue weighted by Crippen LogP contribution is -2.31. The quantitative estimate of drug-likeness (QED) is 0.881. The largest absolute Gasteiger partial charge is 0.363 e. The van der Waals surface area contributed by atoms with Gasteiger partial charge in [-0.05, 0) is 37.0 Å². The summed E-state index contributed by atoms with van der Waals surface area (Å²) in [7, 11) is -3.54. The second-order valence-electron chi connectivity index (χ2n) is 5.16. The van der Waals surface area contributed by atoms with Crippen molar-refractivity contribution in [2.24, 2.45) is 0 Å². The Morgan fingerprint density at radius 1 is 1.24 bits per heavy atom. The Bertz CT molecular complexity index is 740. The number of aromatic nitrogens is 1. The molecule has 0 saturated heterocycles. The molecule has 1 N–H and O–H groups in total. The van der Waals surface area contributed by atoms with Gasteiger partial charge in [-0.15, -0.1) is 11.6 Å². The Kier molecular flexibility index (Phi) is 3.95. The number of fused-ring (bicyclic) bond motifs is 1. The molecule has 0 bridgehead atoms. The van der Waals surface area contributed by atoms with Crippen molar-refractivity contribution in [1.29, 1.82) is 0 Å². The number of halogens is 1. The summed E-state index contributed by atoms with van der Waals surface area (Å²) < 4.78 is 27.3. The van der Waals surface area contributed by atoms with E-state index in [-0.39, 0.29) is 10.8 Å². The summed E-state index contributed by atoms with van der Waals surface area (Å²) in [6.45, 7) is 0.515. The van der Waals surface area contributed by atoms with Crippen molar-refractivity contribution >= 4 is 27.3 Å². The van der Waals surface area contributed by atoms with E-state index in [0.717, 1.165) is 30.5 Å². The predicted molar refractivity (Wildman–Crippen MR) is 84.3 cm³/mol. The number of nitrogens with one attached hydrogen (secondary N) is 1. The SMILES string of the molecule is O=S(=O)(c1c[nH]c(CCl)c1)N1CCCCc2ccccc21. The first-order valence-corrected chi connectivity index (χ1v) is 8.94. The van der Waals surface area contributed by atoms with Crippen LogP contribution in [0, 0.1) is 0 Å². The molecule has 2 aromatic rings. The second kappa shape index (κ2) is 5.73. The molecule has 0 radical (unpaired) electrons. The minimum atomic E-state index is -3.54. The van der Waals surface area contributed by atoms with Gasteiger partial charge in [-0.3, -0.25) is 4.31 Å². The van der Waals surface area contributed by atoms with Crippen LogP contribution >= 0.6 is 11.6 Å². The lowest BCUT2D eigenvalue weighted by molar-refractivity contribution is 0.589. The highest BCUT2D eigenvalue weighted by Crippen LogP contribution is 2.31. The van der Waals surface area contributed by atoms with Crippen LogP contribution in [0.5, 0.6) is 0 Å². The van der Waals surface area contributed by atoms with Crippen LogP contribution in [0.3, 0.4) is 0 Å². The van der Waals surface area contributed by atoms with E-state index in [1.165, 1.54) is 10.5 Å². The van der Waals surface area contributed by atoms with Gasteiger partial charge in [0.15, 0.2) is 0 Å². The number of sulfonamides is 1. The molecule has 4 nitrogen and oxygen atoms in total. The normalized spacial score (nSPS) is 15.6. The summed E-state index contributed by atoms with van der Waals surface area (Å²) in [5, 5.41) is 0. The van der Waals surface area contributed by atoms with Gasteiger partial charge < -0.3 is 4.98 Å². The Labute approximate surface area is 129 Å². The molecule has 3 rings (SSSR count). The number of hydrogen-bond donors (Lipinski definition) is 1. The van der Waals surface area contributed by atoms with Crippen LogP contribution < -0.4 is 4.31 Å². The highest BCUT2D eigenvalue weighted by molar-refractivity contribution is 7.92. The molecule has 21 heavy (non-hydrogen) atoms. The molecule has 0 amide bonds. The summed E-state index contributed by atoms with van der Waals surface area (Å²) in [6, 6.07) is 9.33. The molecular formula is C15H17ClN2O2S. The lowest BCUT2D eigenvalue weighted by atomic mass is 10.1. The van der Waals surface area contributed by atoms with Crippen molar-refractivity contribution in [2.45, 2.75) is 30.0 Å². The molecule has 0 unspecified atom stereocenters. The Balaban J connectivity index is 2.06. The molecule has 1 aromatic carbocycles. The maximum atomic E-state index is 12.9. The van der Waals surface area contributed by atoms with E-state index in [2.05, 4.69) is 4.98 Å². The highest BCUT2D eigenvalue weighted by atomic mass is 35.5. The van der Waals surface area contributed by atoms with Crippen LogP contribution in [0.1, 0.15) is 24.1 Å². The monoisotopic (exact) mass is 324 g/mol. The van der Waals surface area contributed by atoms with E-state index >= 15 is 0 Å². The zero-order valence-corrected chi connectivity index (χ0v) is 13.1. The van der Waals surface area contributed by atoms with E-state index in [9.17, 15) is 8.42 Å². The fourth-order valence-corrected chi connectivity index (χ4v) is 4.39. The van der Waals surface area contributed by atoms with Gasteiger partial charge in [0.2, 0.25) is 0 Å². The molecule has 6 heteroatoms. The maximum absolute atomic E-state index is 12.9. The molecular weight excluding hydrogens is 308 g/mol. The van der Waals surface area contributed by atoms with Crippen LogP contribution in [0.15, 0.2) is 41.4 Å². The third-order valence-electron chi connectivity index (χ3n) is 3.77. The number of nitrogens with zero attached hydrogens (tertiary/aromatic N) is 1. The maximum Gasteiger partial charge on any atom is 0.265 e. The fourth-order valence-electron chi connectivity index (χ4n) is 2.68. The average Bonchev–Trinajstić information content (AvgIpc) is 2.87. The van der Waals surface area contributed by atoms with Gasteiger partial charge in [0.1, 0.15) is 4.90 Å². The van der Waals surface area contributed by atoms with Crippen molar-refractivity contribution < 1.29 is 8.42 Å². The van der Waals surface area contributed by atoms with Crippen LogP contribution in [0.25, 0.3) is 0 Å². The molecule has 2 heterocycles. The van der Waals surface area contributed by atoms with E-state index in [4.69, 9.17) is 11.6 Å². The third kappa shape index (κ3) is 2.68. The molecule has 0 aliphatic carbocycles. The van der Waals surface area contributed by atoms with Gasteiger partial charge in [0, 0.05) is 18.4 Å². The first-order valence-electron chi connectivity index (χ1n) is 6.97. The fraction of sp³-hybridized carbons (Fsp3) is 0.333. The number of para-hydroxylation sites is 1. The number of benzene rings is 1. The summed E-state index contributed by atoms with van der Waals surface area (Å²) >= 11 is 5.74. The number of hydrogen-bond acceptors (Lipinski definition) is 2. The zero-order valence-electron chi connectivity index (χ0n) is 11.5. The molecule has 1 aliphatic heterocycles. The predicted octanol–water partition coefficient (Wildman–Crippen LogP) is 3.29. The number of aryl methyl sites for hydroxylation is 1. The molecule has 0 fully saturated rings. The van der Waals surface area contributed by atoms with Crippen molar-refractivity contribution in [3.63, 3.8) is 0 Å². The lowest BCUT2D eigenvalue weighted by Gasteiger charge is -2.23. The Morgan fingerprint density at radius 2 is 2.05 bits per heavy atom. The van der Waals surface area contributed by atoms with Crippen LogP contribution in [-0.2, 0) is 22.3 Å². The molecule has 1 aliphatic rings. The van der Waals surface area contributed by atoms with Gasteiger partial charge >= 0.3 is 0 Å². The first-order chi connectivity index (χ1) is 10.1.